The standard InChI is InChI=1S/C19H19NO5/c1-13(21)14-6-8-17(9-7-14)25-11-10-18(22)20-16-5-3-4-15(12-16)19(23)24-2/h3-9,12H,10-11H2,1-2H3,(H,20,22). The van der Waals surface area contributed by atoms with Crippen LogP contribution >= 0.6 is 0 Å². The van der Waals surface area contributed by atoms with Crippen LogP contribution in [-0.4, -0.2) is 31.4 Å². The number of methoxy groups -OCH3 is 1. The van der Waals surface area contributed by atoms with E-state index in [0.29, 0.717) is 22.6 Å². The van der Waals surface area contributed by atoms with Crippen LogP contribution in [0.25, 0.3) is 0 Å². The molecule has 0 saturated carbocycles. The first-order valence-electron chi connectivity index (χ1n) is 7.71. The van der Waals surface area contributed by atoms with Crippen molar-refractivity contribution in [3.8, 4) is 5.75 Å². The topological polar surface area (TPSA) is 81.7 Å². The predicted molar refractivity (Wildman–Crippen MR) is 93.0 cm³/mol. The number of anilines is 1. The van der Waals surface area contributed by atoms with E-state index in [1.165, 1.54) is 14.0 Å². The van der Waals surface area contributed by atoms with Gasteiger partial charge in [0, 0.05) is 11.3 Å². The third kappa shape index (κ3) is 5.46. The van der Waals surface area contributed by atoms with Gasteiger partial charge in [-0.2, -0.15) is 0 Å². The fourth-order valence-electron chi connectivity index (χ4n) is 2.11. The minimum absolute atomic E-state index is 0.0138. The number of carbonyl (C=O) groups excluding carboxylic acids is 3. The van der Waals surface area contributed by atoms with Gasteiger partial charge in [0.15, 0.2) is 5.78 Å². The molecule has 0 bridgehead atoms. The molecular weight excluding hydrogens is 322 g/mol. The number of carbonyl (C=O) groups is 3. The van der Waals surface area contributed by atoms with E-state index in [1.54, 1.807) is 48.5 Å². The van der Waals surface area contributed by atoms with Crippen LogP contribution in [0.4, 0.5) is 5.69 Å². The molecule has 1 amide bonds. The molecule has 6 nitrogen and oxygen atoms in total. The summed E-state index contributed by atoms with van der Waals surface area (Å²) in [5.74, 6) is -0.124. The average molecular weight is 341 g/mol. The van der Waals surface area contributed by atoms with Crippen LogP contribution in [0.2, 0.25) is 0 Å². The van der Waals surface area contributed by atoms with Crippen molar-refractivity contribution < 1.29 is 23.9 Å². The molecule has 0 radical (unpaired) electrons. The van der Waals surface area contributed by atoms with E-state index in [-0.39, 0.29) is 24.7 Å². The number of nitrogens with one attached hydrogen (secondary N) is 1. The smallest absolute Gasteiger partial charge is 0.337 e. The molecule has 0 aliphatic heterocycles. The Balaban J connectivity index is 1.82. The number of ether oxygens (including phenoxy) is 2. The first-order valence-corrected chi connectivity index (χ1v) is 7.71. The Morgan fingerprint density at radius 2 is 1.72 bits per heavy atom. The summed E-state index contributed by atoms with van der Waals surface area (Å²) < 4.78 is 10.1. The second-order valence-electron chi connectivity index (χ2n) is 5.30. The van der Waals surface area contributed by atoms with Gasteiger partial charge < -0.3 is 14.8 Å². The Morgan fingerprint density at radius 1 is 1.00 bits per heavy atom. The Bertz CT molecular complexity index is 768. The van der Waals surface area contributed by atoms with Crippen molar-refractivity contribution in [1.82, 2.24) is 0 Å². The lowest BCUT2D eigenvalue weighted by atomic mass is 10.1. The first kappa shape index (κ1) is 18.2. The average Bonchev–Trinajstić information content (AvgIpc) is 2.61. The number of rotatable bonds is 7. The van der Waals surface area contributed by atoms with Crippen LogP contribution < -0.4 is 10.1 Å². The van der Waals surface area contributed by atoms with E-state index in [0.717, 1.165) is 0 Å². The SMILES string of the molecule is COC(=O)c1cccc(NC(=O)CCOc2ccc(C(C)=O)cc2)c1. The predicted octanol–water partition coefficient (Wildman–Crippen LogP) is 3.08. The zero-order valence-corrected chi connectivity index (χ0v) is 14.1. The maximum Gasteiger partial charge on any atom is 0.337 e. The van der Waals surface area contributed by atoms with Gasteiger partial charge in [0.1, 0.15) is 5.75 Å². The zero-order chi connectivity index (χ0) is 18.2. The van der Waals surface area contributed by atoms with Crippen molar-refractivity contribution in [2.24, 2.45) is 0 Å². The summed E-state index contributed by atoms with van der Waals surface area (Å²) in [7, 11) is 1.30. The first-order chi connectivity index (χ1) is 12.0. The minimum Gasteiger partial charge on any atom is -0.493 e. The Labute approximate surface area is 145 Å². The van der Waals surface area contributed by atoms with Gasteiger partial charge in [0.2, 0.25) is 5.91 Å². The molecule has 2 aromatic carbocycles. The van der Waals surface area contributed by atoms with Crippen molar-refractivity contribution >= 4 is 23.3 Å². The quantitative estimate of drug-likeness (QED) is 0.618. The summed E-state index contributed by atoms with van der Waals surface area (Å²) in [5, 5.41) is 2.70. The molecule has 0 aliphatic carbocycles. The normalized spacial score (nSPS) is 10.0. The Morgan fingerprint density at radius 3 is 2.36 bits per heavy atom. The molecule has 0 unspecified atom stereocenters. The van der Waals surface area contributed by atoms with Crippen LogP contribution in [0.5, 0.6) is 5.75 Å². The van der Waals surface area contributed by atoms with Crippen LogP contribution in [0.1, 0.15) is 34.1 Å². The molecule has 1 N–H and O–H groups in total. The number of esters is 1. The Kier molecular flexibility index (Phi) is 6.28. The van der Waals surface area contributed by atoms with E-state index < -0.39 is 5.97 Å². The van der Waals surface area contributed by atoms with E-state index in [9.17, 15) is 14.4 Å². The number of hydrogen-bond donors (Lipinski definition) is 1. The van der Waals surface area contributed by atoms with Crippen molar-refractivity contribution in [3.05, 3.63) is 59.7 Å². The van der Waals surface area contributed by atoms with E-state index in [2.05, 4.69) is 10.1 Å². The largest absolute Gasteiger partial charge is 0.493 e. The highest BCUT2D eigenvalue weighted by molar-refractivity contribution is 5.95. The maximum atomic E-state index is 11.9. The molecule has 0 spiro atoms. The number of amides is 1. The van der Waals surface area contributed by atoms with Crippen LogP contribution in [0, 0.1) is 0 Å². The number of ketones is 1. The lowest BCUT2D eigenvalue weighted by Gasteiger charge is -2.08. The summed E-state index contributed by atoms with van der Waals surface area (Å²) >= 11 is 0. The van der Waals surface area contributed by atoms with Gasteiger partial charge in [0.05, 0.1) is 25.7 Å². The molecule has 0 saturated heterocycles. The number of benzene rings is 2. The fourth-order valence-corrected chi connectivity index (χ4v) is 2.11. The molecule has 2 rings (SSSR count). The maximum absolute atomic E-state index is 11.9. The van der Waals surface area contributed by atoms with E-state index >= 15 is 0 Å². The molecule has 0 heterocycles. The van der Waals surface area contributed by atoms with Crippen LogP contribution in [0.15, 0.2) is 48.5 Å². The highest BCUT2D eigenvalue weighted by Crippen LogP contribution is 2.14. The second kappa shape index (κ2) is 8.63. The molecule has 0 fully saturated rings. The van der Waals surface area contributed by atoms with Crippen molar-refractivity contribution in [3.63, 3.8) is 0 Å². The second-order valence-corrected chi connectivity index (χ2v) is 5.30. The fraction of sp³-hybridized carbons (Fsp3) is 0.211. The lowest BCUT2D eigenvalue weighted by molar-refractivity contribution is -0.116. The molecule has 2 aromatic rings. The third-order valence-corrected chi connectivity index (χ3v) is 3.43. The van der Waals surface area contributed by atoms with E-state index in [1.807, 2.05) is 0 Å². The summed E-state index contributed by atoms with van der Waals surface area (Å²) in [6, 6.07) is 13.2. The molecule has 0 atom stereocenters. The van der Waals surface area contributed by atoms with Crippen molar-refractivity contribution in [1.29, 1.82) is 0 Å². The number of Topliss-reactive ketones (excluding diaryl/α,β-unsaturated/α-hetero) is 1. The van der Waals surface area contributed by atoms with Gasteiger partial charge in [0.25, 0.3) is 0 Å². The van der Waals surface area contributed by atoms with Gasteiger partial charge in [-0.3, -0.25) is 9.59 Å². The summed E-state index contributed by atoms with van der Waals surface area (Å²) in [6.07, 6.45) is 0.150. The molecule has 130 valence electrons. The van der Waals surface area contributed by atoms with Gasteiger partial charge in [-0.25, -0.2) is 4.79 Å². The van der Waals surface area contributed by atoms with Gasteiger partial charge in [-0.1, -0.05) is 6.07 Å². The minimum atomic E-state index is -0.464. The molecule has 0 aliphatic rings. The zero-order valence-electron chi connectivity index (χ0n) is 14.1. The molecule has 0 aromatic heterocycles. The molecule has 6 heteroatoms. The summed E-state index contributed by atoms with van der Waals surface area (Å²) in [6.45, 7) is 1.69. The summed E-state index contributed by atoms with van der Waals surface area (Å²) in [4.78, 5) is 34.6. The van der Waals surface area contributed by atoms with Gasteiger partial charge >= 0.3 is 5.97 Å². The Hall–Kier alpha value is -3.15. The number of hydrogen-bond acceptors (Lipinski definition) is 5. The van der Waals surface area contributed by atoms with Gasteiger partial charge in [-0.05, 0) is 49.4 Å². The lowest BCUT2D eigenvalue weighted by Crippen LogP contribution is -2.15. The van der Waals surface area contributed by atoms with E-state index in [4.69, 9.17) is 4.74 Å². The highest BCUT2D eigenvalue weighted by atomic mass is 16.5. The molecule has 25 heavy (non-hydrogen) atoms. The van der Waals surface area contributed by atoms with Crippen molar-refractivity contribution in [2.75, 3.05) is 19.0 Å². The van der Waals surface area contributed by atoms with Gasteiger partial charge in [-0.15, -0.1) is 0 Å². The summed E-state index contributed by atoms with van der Waals surface area (Å²) in [5.41, 5.74) is 1.48. The van der Waals surface area contributed by atoms with Crippen LogP contribution in [0.3, 0.4) is 0 Å². The van der Waals surface area contributed by atoms with Crippen molar-refractivity contribution in [2.45, 2.75) is 13.3 Å². The third-order valence-electron chi connectivity index (χ3n) is 3.43. The monoisotopic (exact) mass is 341 g/mol. The highest BCUT2D eigenvalue weighted by Gasteiger charge is 2.08. The van der Waals surface area contributed by atoms with Crippen LogP contribution in [-0.2, 0) is 9.53 Å². The molecular formula is C19H19NO5.